The van der Waals surface area contributed by atoms with Crippen LogP contribution in [0, 0.1) is 11.8 Å². The number of pyridine rings is 1. The number of hydrogen-bond donors (Lipinski definition) is 1. The van der Waals surface area contributed by atoms with E-state index in [2.05, 4.69) is 42.6 Å². The molecule has 0 radical (unpaired) electrons. The van der Waals surface area contributed by atoms with Crippen LogP contribution in [0.2, 0.25) is 0 Å². The van der Waals surface area contributed by atoms with E-state index in [-0.39, 0.29) is 6.04 Å². The van der Waals surface area contributed by atoms with Crippen LogP contribution in [0.4, 0.5) is 19.0 Å². The number of halogens is 3. The largest absolute Gasteiger partial charge is 0.419 e. The van der Waals surface area contributed by atoms with Crippen LogP contribution >= 0.6 is 0 Å². The molecule has 2 aliphatic carbocycles. The summed E-state index contributed by atoms with van der Waals surface area (Å²) in [6, 6.07) is 4.40. The summed E-state index contributed by atoms with van der Waals surface area (Å²) in [6.45, 7) is 9.83. The molecule has 2 N–H and O–H groups in total. The minimum atomic E-state index is -4.54. The van der Waals surface area contributed by atoms with Gasteiger partial charge in [-0.05, 0) is 64.6 Å². The van der Waals surface area contributed by atoms with Crippen LogP contribution in [0.25, 0.3) is 11.3 Å². The van der Waals surface area contributed by atoms with E-state index in [1.165, 1.54) is 19.0 Å². The van der Waals surface area contributed by atoms with Gasteiger partial charge in [-0.3, -0.25) is 9.58 Å². The Balaban J connectivity index is 1.36. The maximum absolute atomic E-state index is 13.3. The van der Waals surface area contributed by atoms with E-state index in [0.717, 1.165) is 31.4 Å². The molecule has 6 nitrogen and oxygen atoms in total. The SMILES string of the molecule is CC(C)n1nc(-c2cnc(N)c(C(F)(F)F)c2)cc1[C@H]1[C@@H]2C[C@@H](N3CCN(C)C[C@@H]3C)C[C@@H]21. The third kappa shape index (κ3) is 4.03. The van der Waals surface area contributed by atoms with E-state index in [1.807, 2.05) is 10.7 Å². The number of piperazine rings is 1. The maximum Gasteiger partial charge on any atom is 0.419 e. The molecule has 1 saturated heterocycles. The molecular weight excluding hydrogens is 429 g/mol. The Bertz CT molecular complexity index is 1020. The van der Waals surface area contributed by atoms with Gasteiger partial charge in [0.2, 0.25) is 0 Å². The maximum atomic E-state index is 13.3. The van der Waals surface area contributed by atoms with Crippen LogP contribution < -0.4 is 5.73 Å². The van der Waals surface area contributed by atoms with Crippen molar-refractivity contribution >= 4 is 5.82 Å². The number of fused-ring (bicyclic) bond motifs is 1. The van der Waals surface area contributed by atoms with Gasteiger partial charge in [0, 0.05) is 61.1 Å². The van der Waals surface area contributed by atoms with Crippen molar-refractivity contribution in [3.63, 3.8) is 0 Å². The van der Waals surface area contributed by atoms with Crippen molar-refractivity contribution in [3.8, 4) is 11.3 Å². The van der Waals surface area contributed by atoms with Crippen molar-refractivity contribution in [3.05, 3.63) is 29.6 Å². The zero-order chi connectivity index (χ0) is 23.7. The first-order chi connectivity index (χ1) is 15.5. The van der Waals surface area contributed by atoms with Crippen molar-refractivity contribution in [2.75, 3.05) is 32.4 Å². The summed E-state index contributed by atoms with van der Waals surface area (Å²) in [5.74, 6) is 1.21. The van der Waals surface area contributed by atoms with E-state index in [1.54, 1.807) is 0 Å². The van der Waals surface area contributed by atoms with Crippen LogP contribution in [-0.4, -0.2) is 63.3 Å². The zero-order valence-electron chi connectivity index (χ0n) is 19.7. The fraction of sp³-hybridized carbons (Fsp3) is 0.667. The standard InChI is InChI=1S/C24H33F3N6/c1-13(2)33-21(10-20(30-33)15-7-19(24(25,26)27)23(28)29-11-15)22-17-8-16(9-18(17)22)32-6-5-31(4)12-14(32)3/h7,10-11,13-14,16-18,22H,5-6,8-9,12H2,1-4H3,(H2,28,29)/t14-,16-,17-,18+,22+/m0/s1. The van der Waals surface area contributed by atoms with Crippen LogP contribution in [0.3, 0.4) is 0 Å². The molecule has 9 heteroatoms. The van der Waals surface area contributed by atoms with E-state index in [0.29, 0.717) is 41.1 Å². The molecule has 0 aromatic carbocycles. The van der Waals surface area contributed by atoms with Gasteiger partial charge < -0.3 is 10.6 Å². The van der Waals surface area contributed by atoms with Gasteiger partial charge in [0.15, 0.2) is 0 Å². The van der Waals surface area contributed by atoms with Crippen LogP contribution in [0.1, 0.15) is 56.8 Å². The summed E-state index contributed by atoms with van der Waals surface area (Å²) in [5, 5.41) is 4.70. The van der Waals surface area contributed by atoms with Crippen molar-refractivity contribution in [2.24, 2.45) is 11.8 Å². The molecule has 0 unspecified atom stereocenters. The average molecular weight is 463 g/mol. The first kappa shape index (κ1) is 22.7. The second kappa shape index (κ2) is 7.98. The van der Waals surface area contributed by atoms with E-state index in [9.17, 15) is 13.2 Å². The summed E-state index contributed by atoms with van der Waals surface area (Å²) >= 11 is 0. The quantitative estimate of drug-likeness (QED) is 0.736. The van der Waals surface area contributed by atoms with Gasteiger partial charge in [0.05, 0.1) is 11.3 Å². The van der Waals surface area contributed by atoms with Crippen LogP contribution in [0.15, 0.2) is 18.3 Å². The summed E-state index contributed by atoms with van der Waals surface area (Å²) in [7, 11) is 2.19. The Morgan fingerprint density at radius 3 is 2.42 bits per heavy atom. The number of rotatable bonds is 4. The molecule has 2 aromatic rings. The van der Waals surface area contributed by atoms with E-state index >= 15 is 0 Å². The molecule has 5 rings (SSSR count). The van der Waals surface area contributed by atoms with Gasteiger partial charge in [0.25, 0.3) is 0 Å². The molecule has 0 spiro atoms. The smallest absolute Gasteiger partial charge is 0.383 e. The average Bonchev–Trinajstić information content (AvgIpc) is 3.07. The minimum absolute atomic E-state index is 0.132. The molecule has 2 saturated carbocycles. The topological polar surface area (TPSA) is 63.2 Å². The van der Waals surface area contributed by atoms with Gasteiger partial charge in [0.1, 0.15) is 5.82 Å². The molecule has 3 fully saturated rings. The molecule has 0 bridgehead atoms. The second-order valence-electron chi connectivity index (χ2n) is 10.5. The molecule has 5 atom stereocenters. The first-order valence-corrected chi connectivity index (χ1v) is 11.9. The van der Waals surface area contributed by atoms with Crippen molar-refractivity contribution in [1.29, 1.82) is 0 Å². The van der Waals surface area contributed by atoms with Gasteiger partial charge in [-0.15, -0.1) is 0 Å². The normalized spacial score (nSPS) is 30.7. The molecule has 180 valence electrons. The van der Waals surface area contributed by atoms with E-state index < -0.39 is 17.6 Å². The number of alkyl halides is 3. The minimum Gasteiger partial charge on any atom is -0.383 e. The molecule has 1 aliphatic heterocycles. The number of nitrogens with two attached hydrogens (primary N) is 1. The van der Waals surface area contributed by atoms with Gasteiger partial charge in [-0.1, -0.05) is 0 Å². The van der Waals surface area contributed by atoms with Crippen molar-refractivity contribution < 1.29 is 13.2 Å². The summed E-state index contributed by atoms with van der Waals surface area (Å²) in [5.41, 5.74) is 6.61. The third-order valence-corrected chi connectivity index (χ3v) is 7.89. The second-order valence-corrected chi connectivity index (χ2v) is 10.5. The Hall–Kier alpha value is -2.13. The number of likely N-dealkylation sites (N-methyl/N-ethyl adjacent to an activating group) is 1. The summed E-state index contributed by atoms with van der Waals surface area (Å²) in [4.78, 5) is 8.89. The fourth-order valence-corrected chi connectivity index (χ4v) is 6.27. The molecule has 3 heterocycles. The highest BCUT2D eigenvalue weighted by molar-refractivity contribution is 5.63. The highest BCUT2D eigenvalue weighted by Gasteiger charge is 2.59. The molecule has 33 heavy (non-hydrogen) atoms. The lowest BCUT2D eigenvalue weighted by atomic mass is 10.00. The Morgan fingerprint density at radius 1 is 1.12 bits per heavy atom. The number of hydrogen-bond acceptors (Lipinski definition) is 5. The fourth-order valence-electron chi connectivity index (χ4n) is 6.27. The monoisotopic (exact) mass is 462 g/mol. The lowest BCUT2D eigenvalue weighted by Crippen LogP contribution is -2.54. The lowest BCUT2D eigenvalue weighted by Gasteiger charge is -2.42. The predicted molar refractivity (Wildman–Crippen MR) is 122 cm³/mol. The summed E-state index contributed by atoms with van der Waals surface area (Å²) in [6.07, 6.45) is -0.757. The van der Waals surface area contributed by atoms with Crippen molar-refractivity contribution in [2.45, 2.75) is 63.8 Å². The van der Waals surface area contributed by atoms with Crippen LogP contribution in [-0.2, 0) is 6.18 Å². The number of nitrogens with zero attached hydrogens (tertiary/aromatic N) is 5. The molecule has 2 aromatic heterocycles. The first-order valence-electron chi connectivity index (χ1n) is 11.9. The van der Waals surface area contributed by atoms with E-state index in [4.69, 9.17) is 10.8 Å². The molecule has 0 amide bonds. The van der Waals surface area contributed by atoms with Gasteiger partial charge in [-0.2, -0.15) is 18.3 Å². The number of nitrogen functional groups attached to an aromatic ring is 1. The number of anilines is 1. The van der Waals surface area contributed by atoms with Crippen LogP contribution in [0.5, 0.6) is 0 Å². The summed E-state index contributed by atoms with van der Waals surface area (Å²) < 4.78 is 42.0. The molecule has 3 aliphatic rings. The van der Waals surface area contributed by atoms with Crippen molar-refractivity contribution in [1.82, 2.24) is 24.6 Å². The van der Waals surface area contributed by atoms with Gasteiger partial charge in [-0.25, -0.2) is 4.98 Å². The lowest BCUT2D eigenvalue weighted by molar-refractivity contribution is -0.137. The Kier molecular flexibility index (Phi) is 5.47. The highest BCUT2D eigenvalue weighted by atomic mass is 19.4. The molecular formula is C24H33F3N6. The highest BCUT2D eigenvalue weighted by Crippen LogP contribution is 2.64. The third-order valence-electron chi connectivity index (χ3n) is 7.89. The predicted octanol–water partition coefficient (Wildman–Crippen LogP) is 4.25. The Labute approximate surface area is 192 Å². The number of aromatic nitrogens is 3. The zero-order valence-corrected chi connectivity index (χ0v) is 19.7. The Morgan fingerprint density at radius 2 is 1.82 bits per heavy atom. The van der Waals surface area contributed by atoms with Gasteiger partial charge >= 0.3 is 6.18 Å².